The molecule has 1 aromatic heterocycles. The van der Waals surface area contributed by atoms with Crippen LogP contribution >= 0.6 is 0 Å². The van der Waals surface area contributed by atoms with Gasteiger partial charge in [-0.25, -0.2) is 4.98 Å². The largest absolute Gasteiger partial charge is 0.467 e. The van der Waals surface area contributed by atoms with Crippen LogP contribution in [-0.2, 0) is 4.74 Å². The predicted octanol–water partition coefficient (Wildman–Crippen LogP) is 1.72. The fraction of sp³-hybridized carbons (Fsp3) is 0.625. The summed E-state index contributed by atoms with van der Waals surface area (Å²) in [6.07, 6.45) is -2.25. The molecule has 0 aliphatic carbocycles. The summed E-state index contributed by atoms with van der Waals surface area (Å²) >= 11 is 0. The molecule has 1 amide bonds. The second-order valence-corrected chi connectivity index (χ2v) is 5.92. The van der Waals surface area contributed by atoms with Crippen LogP contribution in [0.25, 0.3) is 0 Å². The van der Waals surface area contributed by atoms with Gasteiger partial charge in [0.2, 0.25) is 5.88 Å². The van der Waals surface area contributed by atoms with Crippen LogP contribution in [0.5, 0.6) is 5.88 Å². The van der Waals surface area contributed by atoms with Crippen LogP contribution in [0.1, 0.15) is 16.8 Å². The first kappa shape index (κ1) is 19.5. The molecule has 1 aliphatic rings. The van der Waals surface area contributed by atoms with Gasteiger partial charge in [0.05, 0.1) is 6.61 Å². The highest BCUT2D eigenvalue weighted by molar-refractivity contribution is 5.96. The van der Waals surface area contributed by atoms with Crippen molar-refractivity contribution in [1.29, 1.82) is 0 Å². The van der Waals surface area contributed by atoms with Gasteiger partial charge in [-0.05, 0) is 31.0 Å². The van der Waals surface area contributed by atoms with Crippen molar-refractivity contribution in [3.8, 4) is 5.88 Å². The summed E-state index contributed by atoms with van der Waals surface area (Å²) in [5.41, 5.74) is 0.000913. The molecule has 2 heterocycles. The molecule has 25 heavy (non-hydrogen) atoms. The number of ether oxygens (including phenoxy) is 2. The molecule has 9 heteroatoms. The van der Waals surface area contributed by atoms with E-state index in [0.29, 0.717) is 19.1 Å². The van der Waals surface area contributed by atoms with Crippen LogP contribution in [0.3, 0.4) is 0 Å². The number of aromatic nitrogens is 1. The van der Waals surface area contributed by atoms with Crippen molar-refractivity contribution in [1.82, 2.24) is 15.2 Å². The molecule has 1 aromatic rings. The number of carbonyl (C=O) groups excluding carboxylic acids is 1. The fourth-order valence-electron chi connectivity index (χ4n) is 2.66. The molecule has 1 fully saturated rings. The van der Waals surface area contributed by atoms with E-state index in [1.54, 1.807) is 7.11 Å². The van der Waals surface area contributed by atoms with E-state index >= 15 is 0 Å². The maximum absolute atomic E-state index is 12.3. The third-order valence-corrected chi connectivity index (χ3v) is 3.92. The molecule has 0 spiro atoms. The predicted molar refractivity (Wildman–Crippen MR) is 84.5 cm³/mol. The Morgan fingerprint density at radius 3 is 3.00 bits per heavy atom. The maximum atomic E-state index is 12.3. The minimum Gasteiger partial charge on any atom is -0.467 e. The Bertz CT molecular complexity index is 569. The van der Waals surface area contributed by atoms with Gasteiger partial charge >= 0.3 is 6.18 Å². The Balaban J connectivity index is 1.85. The van der Waals surface area contributed by atoms with E-state index in [1.165, 1.54) is 18.3 Å². The highest BCUT2D eigenvalue weighted by Gasteiger charge is 2.30. The summed E-state index contributed by atoms with van der Waals surface area (Å²) in [4.78, 5) is 18.2. The first-order chi connectivity index (χ1) is 11.9. The third-order valence-electron chi connectivity index (χ3n) is 3.92. The topological polar surface area (TPSA) is 63.7 Å². The number of likely N-dealkylation sites (tertiary alicyclic amines) is 1. The first-order valence-corrected chi connectivity index (χ1v) is 8.03. The van der Waals surface area contributed by atoms with Gasteiger partial charge < -0.3 is 19.7 Å². The van der Waals surface area contributed by atoms with Gasteiger partial charge in [-0.1, -0.05) is 0 Å². The minimum absolute atomic E-state index is 0.000913. The molecule has 0 unspecified atom stereocenters. The lowest BCUT2D eigenvalue weighted by Crippen LogP contribution is -2.32. The number of nitrogens with zero attached hydrogens (tertiary/aromatic N) is 2. The normalized spacial score (nSPS) is 18.3. The quantitative estimate of drug-likeness (QED) is 0.764. The molecular weight excluding hydrogens is 339 g/mol. The van der Waals surface area contributed by atoms with Crippen LogP contribution in [0, 0.1) is 5.92 Å². The zero-order valence-corrected chi connectivity index (χ0v) is 14.0. The van der Waals surface area contributed by atoms with Gasteiger partial charge in [0.25, 0.3) is 5.91 Å². The molecular formula is C16H22F3N3O3. The number of amides is 1. The standard InChI is InChI=1S/C16H22F3N3O3/c1-24-8-7-22-6-4-12(10-22)9-21-14(23)13-3-2-5-20-15(13)25-11-16(17,18)19/h2-3,5,12H,4,6-11H2,1H3,(H,21,23)/t12-/m0/s1. The molecule has 2 rings (SSSR count). The second kappa shape index (κ2) is 9.00. The molecule has 1 N–H and O–H groups in total. The zero-order chi connectivity index (χ0) is 18.3. The average Bonchev–Trinajstić information content (AvgIpc) is 3.03. The van der Waals surface area contributed by atoms with E-state index in [4.69, 9.17) is 4.74 Å². The zero-order valence-electron chi connectivity index (χ0n) is 14.0. The van der Waals surface area contributed by atoms with Gasteiger partial charge in [-0.3, -0.25) is 4.79 Å². The van der Waals surface area contributed by atoms with Gasteiger partial charge in [-0.2, -0.15) is 13.2 Å². The molecule has 0 radical (unpaired) electrons. The van der Waals surface area contributed by atoms with Crippen LogP contribution in [0.4, 0.5) is 13.2 Å². The number of carbonyl (C=O) groups is 1. The minimum atomic E-state index is -4.49. The summed E-state index contributed by atoms with van der Waals surface area (Å²) in [6.45, 7) is 2.27. The van der Waals surface area contributed by atoms with Gasteiger partial charge in [0.15, 0.2) is 6.61 Å². The van der Waals surface area contributed by atoms with Crippen molar-refractivity contribution in [2.75, 3.05) is 46.5 Å². The number of methoxy groups -OCH3 is 1. The van der Waals surface area contributed by atoms with Gasteiger partial charge in [0, 0.05) is 32.9 Å². The van der Waals surface area contributed by atoms with Crippen LogP contribution in [0.15, 0.2) is 18.3 Å². The van der Waals surface area contributed by atoms with E-state index in [1.807, 2.05) is 0 Å². The van der Waals surface area contributed by atoms with E-state index in [0.717, 1.165) is 26.1 Å². The summed E-state index contributed by atoms with van der Waals surface area (Å²) in [5.74, 6) is -0.497. The molecule has 0 saturated carbocycles. The van der Waals surface area contributed by atoms with Crippen molar-refractivity contribution in [3.63, 3.8) is 0 Å². The SMILES string of the molecule is COCCN1CC[C@@H](CNC(=O)c2cccnc2OCC(F)(F)F)C1. The lowest BCUT2D eigenvalue weighted by Gasteiger charge is -2.16. The Hall–Kier alpha value is -1.87. The summed E-state index contributed by atoms with van der Waals surface area (Å²) < 4.78 is 46.5. The third kappa shape index (κ3) is 6.50. The Labute approximate surface area is 144 Å². The number of halogens is 3. The summed E-state index contributed by atoms with van der Waals surface area (Å²) in [6, 6.07) is 2.88. The van der Waals surface area contributed by atoms with Crippen LogP contribution < -0.4 is 10.1 Å². The smallest absolute Gasteiger partial charge is 0.422 e. The Morgan fingerprint density at radius 1 is 1.48 bits per heavy atom. The maximum Gasteiger partial charge on any atom is 0.422 e. The van der Waals surface area contributed by atoms with Crippen molar-refractivity contribution >= 4 is 5.91 Å². The Morgan fingerprint density at radius 2 is 2.28 bits per heavy atom. The number of hydrogen-bond donors (Lipinski definition) is 1. The lowest BCUT2D eigenvalue weighted by molar-refractivity contribution is -0.154. The molecule has 0 aromatic carbocycles. The molecule has 6 nitrogen and oxygen atoms in total. The molecule has 1 aliphatic heterocycles. The highest BCUT2D eigenvalue weighted by Crippen LogP contribution is 2.20. The van der Waals surface area contributed by atoms with Gasteiger partial charge in [0.1, 0.15) is 5.56 Å². The Kier molecular flexibility index (Phi) is 7.01. The van der Waals surface area contributed by atoms with Crippen LogP contribution in [-0.4, -0.2) is 68.5 Å². The van der Waals surface area contributed by atoms with Crippen molar-refractivity contribution < 1.29 is 27.4 Å². The second-order valence-electron chi connectivity index (χ2n) is 5.92. The number of alkyl halides is 3. The number of hydrogen-bond acceptors (Lipinski definition) is 5. The van der Waals surface area contributed by atoms with Gasteiger partial charge in [-0.15, -0.1) is 0 Å². The average molecular weight is 361 g/mol. The van der Waals surface area contributed by atoms with Crippen molar-refractivity contribution in [3.05, 3.63) is 23.9 Å². The fourth-order valence-corrected chi connectivity index (χ4v) is 2.66. The number of pyridine rings is 1. The molecule has 1 saturated heterocycles. The van der Waals surface area contributed by atoms with Crippen molar-refractivity contribution in [2.24, 2.45) is 5.92 Å². The van der Waals surface area contributed by atoms with E-state index in [-0.39, 0.29) is 11.4 Å². The van der Waals surface area contributed by atoms with E-state index < -0.39 is 18.7 Å². The van der Waals surface area contributed by atoms with E-state index in [9.17, 15) is 18.0 Å². The lowest BCUT2D eigenvalue weighted by atomic mass is 10.1. The highest BCUT2D eigenvalue weighted by atomic mass is 19.4. The monoisotopic (exact) mass is 361 g/mol. The molecule has 1 atom stereocenters. The van der Waals surface area contributed by atoms with E-state index in [2.05, 4.69) is 19.9 Å². The summed E-state index contributed by atoms with van der Waals surface area (Å²) in [7, 11) is 1.65. The molecule has 0 bridgehead atoms. The number of nitrogens with one attached hydrogen (secondary N) is 1. The first-order valence-electron chi connectivity index (χ1n) is 8.03. The van der Waals surface area contributed by atoms with Crippen molar-refractivity contribution in [2.45, 2.75) is 12.6 Å². The summed E-state index contributed by atoms with van der Waals surface area (Å²) in [5, 5.41) is 2.76. The van der Waals surface area contributed by atoms with Crippen LogP contribution in [0.2, 0.25) is 0 Å². The molecule has 140 valence electrons. The number of rotatable bonds is 8.